The molecule has 28 heavy (non-hydrogen) atoms. The van der Waals surface area contributed by atoms with Crippen molar-refractivity contribution in [3.05, 3.63) is 52.8 Å². The number of likely N-dealkylation sites (tertiary alicyclic amines) is 1. The lowest BCUT2D eigenvalue weighted by Gasteiger charge is -2.23. The number of aryl methyl sites for hydroxylation is 1. The summed E-state index contributed by atoms with van der Waals surface area (Å²) in [7, 11) is 1.98. The predicted octanol–water partition coefficient (Wildman–Crippen LogP) is 4.18. The minimum absolute atomic E-state index is 0. The lowest BCUT2D eigenvalue weighted by atomic mass is 9.96. The molecule has 2 heterocycles. The maximum Gasteiger partial charge on any atom is 0.193 e. The molecule has 1 atom stereocenters. The van der Waals surface area contributed by atoms with Gasteiger partial charge in [0.2, 0.25) is 0 Å². The molecule has 1 aliphatic carbocycles. The monoisotopic (exact) mass is 513 g/mol. The molecule has 2 aromatic rings. The van der Waals surface area contributed by atoms with Crippen molar-refractivity contribution in [3.8, 4) is 0 Å². The van der Waals surface area contributed by atoms with E-state index in [1.165, 1.54) is 24.0 Å². The molecular weight excluding hydrogens is 485 g/mol. The lowest BCUT2D eigenvalue weighted by molar-refractivity contribution is 0.483. The van der Waals surface area contributed by atoms with Crippen molar-refractivity contribution >= 4 is 41.5 Å². The van der Waals surface area contributed by atoms with Crippen LogP contribution in [-0.2, 0) is 12.5 Å². The molecule has 7 heteroatoms. The highest BCUT2D eigenvalue weighted by atomic mass is 127. The molecule has 1 saturated carbocycles. The molecule has 1 N–H and O–H groups in total. The first-order chi connectivity index (χ1) is 13.1. The Hall–Kier alpha value is -1.28. The van der Waals surface area contributed by atoms with Gasteiger partial charge in [-0.1, -0.05) is 23.7 Å². The van der Waals surface area contributed by atoms with E-state index in [0.717, 1.165) is 43.6 Å². The van der Waals surface area contributed by atoms with E-state index in [1.54, 1.807) is 0 Å². The maximum absolute atomic E-state index is 6.21. The Bertz CT molecular complexity index is 830. The fourth-order valence-corrected chi connectivity index (χ4v) is 4.23. The zero-order valence-electron chi connectivity index (χ0n) is 16.6. The number of nitrogens with zero attached hydrogens (tertiary/aromatic N) is 4. The van der Waals surface area contributed by atoms with E-state index in [-0.39, 0.29) is 29.4 Å². The van der Waals surface area contributed by atoms with Gasteiger partial charge >= 0.3 is 0 Å². The third-order valence-corrected chi connectivity index (χ3v) is 6.08. The minimum Gasteiger partial charge on any atom is -0.357 e. The van der Waals surface area contributed by atoms with Gasteiger partial charge in [-0.05, 0) is 49.4 Å². The summed E-state index contributed by atoms with van der Waals surface area (Å²) in [5.74, 6) is 1.57. The molecule has 2 fully saturated rings. The van der Waals surface area contributed by atoms with Gasteiger partial charge in [-0.15, -0.1) is 24.0 Å². The van der Waals surface area contributed by atoms with E-state index >= 15 is 0 Å². The number of halogens is 2. The molecule has 4 rings (SSSR count). The Labute approximate surface area is 189 Å². The molecule has 1 saturated heterocycles. The topological polar surface area (TPSA) is 45.5 Å². The normalized spacial score (nSPS) is 20.8. The van der Waals surface area contributed by atoms with E-state index in [4.69, 9.17) is 16.6 Å². The SMILES string of the molecule is CCNC(=NCC1(c2cccc(Cl)c2)CC1)N1CCC(c2cnn(C)c2)C1.I. The number of rotatable bonds is 5. The Morgan fingerprint density at radius 2 is 2.21 bits per heavy atom. The molecule has 0 amide bonds. The van der Waals surface area contributed by atoms with Gasteiger partial charge in [0, 0.05) is 49.2 Å². The summed E-state index contributed by atoms with van der Waals surface area (Å²) in [4.78, 5) is 7.43. The van der Waals surface area contributed by atoms with Crippen LogP contribution in [0, 0.1) is 0 Å². The molecule has 1 aromatic carbocycles. The first-order valence-corrected chi connectivity index (χ1v) is 10.3. The Kier molecular flexibility index (Phi) is 6.91. The number of benzene rings is 1. The standard InChI is InChI=1S/C21H28ClN5.HI/c1-3-23-20(27-10-7-16(14-27)17-12-25-26(2)13-17)24-15-21(8-9-21)18-5-4-6-19(22)11-18;/h4-6,11-13,16H,3,7-10,14-15H2,1-2H3,(H,23,24);1H. The van der Waals surface area contributed by atoms with Crippen LogP contribution in [0.2, 0.25) is 5.02 Å². The fraction of sp³-hybridized carbons (Fsp3) is 0.524. The van der Waals surface area contributed by atoms with Gasteiger partial charge in [0.25, 0.3) is 0 Å². The van der Waals surface area contributed by atoms with E-state index < -0.39 is 0 Å². The van der Waals surface area contributed by atoms with E-state index in [1.807, 2.05) is 30.1 Å². The largest absolute Gasteiger partial charge is 0.357 e. The average molecular weight is 514 g/mol. The van der Waals surface area contributed by atoms with Crippen molar-refractivity contribution in [2.75, 3.05) is 26.2 Å². The second kappa shape index (κ2) is 9.03. The number of hydrogen-bond acceptors (Lipinski definition) is 2. The highest BCUT2D eigenvalue weighted by Crippen LogP contribution is 2.48. The summed E-state index contributed by atoms with van der Waals surface area (Å²) in [6.07, 6.45) is 7.66. The zero-order chi connectivity index (χ0) is 18.9. The van der Waals surface area contributed by atoms with Crippen molar-refractivity contribution in [3.63, 3.8) is 0 Å². The van der Waals surface area contributed by atoms with E-state index in [2.05, 4.69) is 40.6 Å². The first-order valence-electron chi connectivity index (χ1n) is 9.87. The Balaban J connectivity index is 0.00000225. The molecule has 1 unspecified atom stereocenters. The number of hydrogen-bond donors (Lipinski definition) is 1. The van der Waals surface area contributed by atoms with Crippen LogP contribution >= 0.6 is 35.6 Å². The average Bonchev–Trinajstić information content (AvgIpc) is 3.07. The summed E-state index contributed by atoms with van der Waals surface area (Å²) in [5, 5.41) is 8.63. The number of guanidine groups is 1. The summed E-state index contributed by atoms with van der Waals surface area (Å²) < 4.78 is 1.89. The van der Waals surface area contributed by atoms with Crippen LogP contribution in [0.15, 0.2) is 41.7 Å². The summed E-state index contributed by atoms with van der Waals surface area (Å²) in [6, 6.07) is 8.28. The highest BCUT2D eigenvalue weighted by Gasteiger charge is 2.44. The van der Waals surface area contributed by atoms with Crippen molar-refractivity contribution in [2.45, 2.75) is 37.5 Å². The second-order valence-electron chi connectivity index (χ2n) is 7.84. The predicted molar refractivity (Wildman–Crippen MR) is 126 cm³/mol. The van der Waals surface area contributed by atoms with Gasteiger partial charge in [0.1, 0.15) is 0 Å². The fourth-order valence-electron chi connectivity index (χ4n) is 4.04. The number of aromatic nitrogens is 2. The van der Waals surface area contributed by atoms with Crippen molar-refractivity contribution < 1.29 is 0 Å². The maximum atomic E-state index is 6.21. The van der Waals surface area contributed by atoms with Crippen LogP contribution in [0.5, 0.6) is 0 Å². The third-order valence-electron chi connectivity index (χ3n) is 5.84. The van der Waals surface area contributed by atoms with E-state index in [9.17, 15) is 0 Å². The van der Waals surface area contributed by atoms with Crippen LogP contribution in [-0.4, -0.2) is 46.8 Å². The molecule has 0 spiro atoms. The van der Waals surface area contributed by atoms with Gasteiger partial charge in [0.05, 0.1) is 12.7 Å². The smallest absolute Gasteiger partial charge is 0.193 e. The van der Waals surface area contributed by atoms with Crippen molar-refractivity contribution in [1.82, 2.24) is 20.0 Å². The summed E-state index contributed by atoms with van der Waals surface area (Å²) in [5.41, 5.74) is 2.83. The Morgan fingerprint density at radius 1 is 1.39 bits per heavy atom. The second-order valence-corrected chi connectivity index (χ2v) is 8.28. The van der Waals surface area contributed by atoms with E-state index in [0.29, 0.717) is 5.92 Å². The van der Waals surface area contributed by atoms with Gasteiger partial charge in [0.15, 0.2) is 5.96 Å². The van der Waals surface area contributed by atoms with Crippen LogP contribution in [0.25, 0.3) is 0 Å². The quantitative estimate of drug-likeness (QED) is 0.371. The number of aliphatic imine (C=N–C) groups is 1. The zero-order valence-corrected chi connectivity index (χ0v) is 19.7. The van der Waals surface area contributed by atoms with Crippen LogP contribution in [0.1, 0.15) is 43.2 Å². The molecular formula is C21H29ClIN5. The van der Waals surface area contributed by atoms with Gasteiger partial charge in [-0.2, -0.15) is 5.10 Å². The molecule has 0 radical (unpaired) electrons. The van der Waals surface area contributed by atoms with Gasteiger partial charge in [-0.25, -0.2) is 0 Å². The molecule has 5 nitrogen and oxygen atoms in total. The third kappa shape index (κ3) is 4.64. The molecule has 1 aliphatic heterocycles. The lowest BCUT2D eigenvalue weighted by Crippen LogP contribution is -2.40. The molecule has 0 bridgehead atoms. The van der Waals surface area contributed by atoms with Crippen LogP contribution in [0.4, 0.5) is 0 Å². The summed E-state index contributed by atoms with van der Waals surface area (Å²) in [6.45, 7) is 5.88. The summed E-state index contributed by atoms with van der Waals surface area (Å²) >= 11 is 6.21. The minimum atomic E-state index is 0. The van der Waals surface area contributed by atoms with Crippen molar-refractivity contribution in [2.24, 2.45) is 12.0 Å². The van der Waals surface area contributed by atoms with Crippen LogP contribution < -0.4 is 5.32 Å². The molecule has 1 aromatic heterocycles. The molecule has 2 aliphatic rings. The van der Waals surface area contributed by atoms with Crippen molar-refractivity contribution in [1.29, 1.82) is 0 Å². The van der Waals surface area contributed by atoms with Gasteiger partial charge < -0.3 is 10.2 Å². The highest BCUT2D eigenvalue weighted by molar-refractivity contribution is 14.0. The Morgan fingerprint density at radius 3 is 2.86 bits per heavy atom. The van der Waals surface area contributed by atoms with Crippen LogP contribution in [0.3, 0.4) is 0 Å². The van der Waals surface area contributed by atoms with Gasteiger partial charge in [-0.3, -0.25) is 9.67 Å². The first kappa shape index (κ1) is 21.4. The number of nitrogens with one attached hydrogen (secondary N) is 1. The molecule has 152 valence electrons.